The zero-order valence-electron chi connectivity index (χ0n) is 17.9. The van der Waals surface area contributed by atoms with Crippen LogP contribution in [0.1, 0.15) is 22.5 Å². The molecular formula is C24H26N6O. The van der Waals surface area contributed by atoms with Crippen molar-refractivity contribution in [2.45, 2.75) is 20.4 Å². The Morgan fingerprint density at radius 1 is 1.13 bits per heavy atom. The van der Waals surface area contributed by atoms with Crippen molar-refractivity contribution in [3.8, 4) is 18.0 Å². The van der Waals surface area contributed by atoms with Gasteiger partial charge in [-0.2, -0.15) is 5.10 Å². The largest absolute Gasteiger partial charge is 0.352 e. The molecule has 0 aliphatic heterocycles. The van der Waals surface area contributed by atoms with Crippen LogP contribution in [0.15, 0.2) is 59.6 Å². The molecule has 0 atom stereocenters. The fourth-order valence-electron chi connectivity index (χ4n) is 3.20. The minimum absolute atomic E-state index is 0.0685. The fourth-order valence-corrected chi connectivity index (χ4v) is 3.20. The molecule has 1 amide bonds. The molecule has 158 valence electrons. The van der Waals surface area contributed by atoms with E-state index in [1.807, 2.05) is 54.9 Å². The normalized spacial score (nSPS) is 11.0. The Kier molecular flexibility index (Phi) is 7.07. The Labute approximate surface area is 182 Å². The van der Waals surface area contributed by atoms with Gasteiger partial charge in [0, 0.05) is 30.5 Å². The summed E-state index contributed by atoms with van der Waals surface area (Å²) in [6.07, 6.45) is 5.40. The smallest absolute Gasteiger partial charge is 0.243 e. The molecule has 1 heterocycles. The van der Waals surface area contributed by atoms with E-state index >= 15 is 0 Å². The predicted octanol–water partition coefficient (Wildman–Crippen LogP) is 2.77. The Morgan fingerprint density at radius 2 is 1.94 bits per heavy atom. The predicted molar refractivity (Wildman–Crippen MR) is 124 cm³/mol. The number of amides is 1. The Bertz CT molecular complexity index is 1140. The van der Waals surface area contributed by atoms with Crippen molar-refractivity contribution in [1.29, 1.82) is 0 Å². The molecule has 3 aromatic rings. The molecule has 0 saturated heterocycles. The molecule has 1 aromatic heterocycles. The number of anilines is 1. The average molecular weight is 415 g/mol. The van der Waals surface area contributed by atoms with Crippen LogP contribution in [0, 0.1) is 26.2 Å². The summed E-state index contributed by atoms with van der Waals surface area (Å²) in [7, 11) is 1.66. The van der Waals surface area contributed by atoms with Gasteiger partial charge in [0.2, 0.25) is 5.91 Å². The third kappa shape index (κ3) is 5.73. The second kappa shape index (κ2) is 10.1. The van der Waals surface area contributed by atoms with E-state index in [0.717, 1.165) is 22.6 Å². The quantitative estimate of drug-likeness (QED) is 0.329. The van der Waals surface area contributed by atoms with Crippen LogP contribution in [-0.4, -0.2) is 35.2 Å². The number of terminal acetylenes is 1. The first kappa shape index (κ1) is 21.7. The lowest BCUT2D eigenvalue weighted by atomic mass is 10.1. The van der Waals surface area contributed by atoms with Crippen LogP contribution < -0.4 is 16.0 Å². The molecule has 3 rings (SSSR count). The molecule has 0 fully saturated rings. The van der Waals surface area contributed by atoms with Crippen LogP contribution in [0.4, 0.5) is 5.69 Å². The summed E-state index contributed by atoms with van der Waals surface area (Å²) in [6, 6.07) is 17.2. The van der Waals surface area contributed by atoms with E-state index in [2.05, 4.69) is 32.0 Å². The second-order valence-electron chi connectivity index (χ2n) is 7.02. The van der Waals surface area contributed by atoms with Gasteiger partial charge in [0.15, 0.2) is 5.96 Å². The number of aromatic nitrogens is 2. The summed E-state index contributed by atoms with van der Waals surface area (Å²) >= 11 is 0. The minimum Gasteiger partial charge on any atom is -0.352 e. The Hall–Kier alpha value is -4.05. The molecule has 7 nitrogen and oxygen atoms in total. The molecule has 0 spiro atoms. The van der Waals surface area contributed by atoms with Crippen LogP contribution in [0.2, 0.25) is 0 Å². The van der Waals surface area contributed by atoms with Crippen LogP contribution in [-0.2, 0) is 11.3 Å². The van der Waals surface area contributed by atoms with Gasteiger partial charge in [-0.05, 0) is 49.7 Å². The number of para-hydroxylation sites is 1. The van der Waals surface area contributed by atoms with E-state index in [0.29, 0.717) is 23.8 Å². The van der Waals surface area contributed by atoms with Crippen LogP contribution in [0.5, 0.6) is 0 Å². The molecule has 0 radical (unpaired) electrons. The number of benzene rings is 2. The maximum atomic E-state index is 12.3. The third-order valence-electron chi connectivity index (χ3n) is 4.63. The van der Waals surface area contributed by atoms with E-state index in [9.17, 15) is 4.79 Å². The van der Waals surface area contributed by atoms with Gasteiger partial charge >= 0.3 is 0 Å². The van der Waals surface area contributed by atoms with Crippen molar-refractivity contribution in [2.75, 3.05) is 18.9 Å². The third-order valence-corrected chi connectivity index (χ3v) is 4.63. The van der Waals surface area contributed by atoms with Gasteiger partial charge in [-0.3, -0.25) is 9.79 Å². The molecule has 0 aliphatic rings. The number of hydrogen-bond acceptors (Lipinski definition) is 3. The summed E-state index contributed by atoms with van der Waals surface area (Å²) in [6.45, 7) is 4.60. The number of nitrogens with one attached hydrogen (secondary N) is 3. The molecular weight excluding hydrogens is 388 g/mol. The van der Waals surface area contributed by atoms with Gasteiger partial charge in [-0.15, -0.1) is 6.42 Å². The first-order valence-corrected chi connectivity index (χ1v) is 9.92. The van der Waals surface area contributed by atoms with Gasteiger partial charge in [-0.1, -0.05) is 30.2 Å². The zero-order chi connectivity index (χ0) is 22.2. The highest BCUT2D eigenvalue weighted by Gasteiger charge is 2.10. The fraction of sp³-hybridized carbons (Fsp3) is 0.208. The molecule has 0 saturated carbocycles. The molecule has 0 bridgehead atoms. The van der Waals surface area contributed by atoms with E-state index in [1.54, 1.807) is 25.2 Å². The van der Waals surface area contributed by atoms with Crippen molar-refractivity contribution in [1.82, 2.24) is 20.4 Å². The number of aliphatic imine (C=N–C) groups is 1. The molecule has 0 aliphatic carbocycles. The molecule has 31 heavy (non-hydrogen) atoms. The standard InChI is InChI=1S/C24H26N6O/c1-5-19-9-8-11-21(14-19)28-23(31)16-27-24(25-4)26-15-20-10-6-7-12-22(20)30-18(3)13-17(2)29-30/h1,6-14H,15-16H2,2-4H3,(H,28,31)(H2,25,26,27). The van der Waals surface area contributed by atoms with Gasteiger partial charge in [0.25, 0.3) is 0 Å². The lowest BCUT2D eigenvalue weighted by molar-refractivity contribution is -0.115. The minimum atomic E-state index is -0.194. The lowest BCUT2D eigenvalue weighted by Gasteiger charge is -2.15. The molecule has 3 N–H and O–H groups in total. The number of hydrogen-bond donors (Lipinski definition) is 3. The van der Waals surface area contributed by atoms with Crippen LogP contribution >= 0.6 is 0 Å². The maximum absolute atomic E-state index is 12.3. The molecule has 0 unspecified atom stereocenters. The summed E-state index contributed by atoms with van der Waals surface area (Å²) in [5.41, 5.74) is 5.47. The summed E-state index contributed by atoms with van der Waals surface area (Å²) in [5, 5.41) is 13.7. The highest BCUT2D eigenvalue weighted by molar-refractivity contribution is 5.95. The number of carbonyl (C=O) groups is 1. The first-order valence-electron chi connectivity index (χ1n) is 9.92. The van der Waals surface area contributed by atoms with Crippen molar-refractivity contribution >= 4 is 17.6 Å². The van der Waals surface area contributed by atoms with Crippen LogP contribution in [0.25, 0.3) is 5.69 Å². The summed E-state index contributed by atoms with van der Waals surface area (Å²) in [5.74, 6) is 2.88. The highest BCUT2D eigenvalue weighted by atomic mass is 16.1. The van der Waals surface area contributed by atoms with Crippen LogP contribution in [0.3, 0.4) is 0 Å². The van der Waals surface area contributed by atoms with Gasteiger partial charge in [0.1, 0.15) is 0 Å². The van der Waals surface area contributed by atoms with Crippen molar-refractivity contribution in [3.63, 3.8) is 0 Å². The van der Waals surface area contributed by atoms with Crippen molar-refractivity contribution < 1.29 is 4.79 Å². The van der Waals surface area contributed by atoms with Gasteiger partial charge in [0.05, 0.1) is 17.9 Å². The number of guanidine groups is 1. The second-order valence-corrected chi connectivity index (χ2v) is 7.02. The average Bonchev–Trinajstić information content (AvgIpc) is 3.12. The SMILES string of the molecule is C#Cc1cccc(NC(=O)CNC(=NC)NCc2ccccc2-n2nc(C)cc2C)c1. The molecule has 7 heteroatoms. The number of aryl methyl sites for hydroxylation is 2. The van der Waals surface area contributed by atoms with E-state index in [-0.39, 0.29) is 12.5 Å². The van der Waals surface area contributed by atoms with E-state index < -0.39 is 0 Å². The zero-order valence-corrected chi connectivity index (χ0v) is 17.9. The Balaban J connectivity index is 1.58. The topological polar surface area (TPSA) is 83.3 Å². The van der Waals surface area contributed by atoms with Gasteiger partial charge < -0.3 is 16.0 Å². The number of carbonyl (C=O) groups excluding carboxylic acids is 1. The first-order chi connectivity index (χ1) is 15.0. The van der Waals surface area contributed by atoms with Crippen molar-refractivity contribution in [3.05, 3.63) is 77.1 Å². The van der Waals surface area contributed by atoms with Crippen molar-refractivity contribution in [2.24, 2.45) is 4.99 Å². The highest BCUT2D eigenvalue weighted by Crippen LogP contribution is 2.17. The lowest BCUT2D eigenvalue weighted by Crippen LogP contribution is -2.41. The van der Waals surface area contributed by atoms with Gasteiger partial charge in [-0.25, -0.2) is 4.68 Å². The monoisotopic (exact) mass is 414 g/mol. The maximum Gasteiger partial charge on any atom is 0.243 e. The summed E-state index contributed by atoms with van der Waals surface area (Å²) in [4.78, 5) is 16.5. The number of rotatable bonds is 6. The molecule has 2 aromatic carbocycles. The van der Waals surface area contributed by atoms with E-state index in [1.165, 1.54) is 0 Å². The Morgan fingerprint density at radius 3 is 2.65 bits per heavy atom. The van der Waals surface area contributed by atoms with E-state index in [4.69, 9.17) is 6.42 Å². The number of nitrogens with zero attached hydrogens (tertiary/aromatic N) is 3. The summed E-state index contributed by atoms with van der Waals surface area (Å²) < 4.78 is 1.93.